The molecule has 0 unspecified atom stereocenters. The van der Waals surface area contributed by atoms with Crippen molar-refractivity contribution in [3.63, 3.8) is 0 Å². The average Bonchev–Trinajstić information content (AvgIpc) is 2.06. The highest BCUT2D eigenvalue weighted by molar-refractivity contribution is 5.61. The summed E-state index contributed by atoms with van der Waals surface area (Å²) < 4.78 is 0. The van der Waals surface area contributed by atoms with Gasteiger partial charge in [0.15, 0.2) is 0 Å². The van der Waals surface area contributed by atoms with Crippen LogP contribution in [-0.4, -0.2) is 0 Å². The minimum atomic E-state index is 1.06. The molecule has 0 nitrogen and oxygen atoms in total. The molecule has 0 amide bonds. The number of hydrogen-bond acceptors (Lipinski definition) is 0. The summed E-state index contributed by atoms with van der Waals surface area (Å²) in [6.45, 7) is 7.71. The van der Waals surface area contributed by atoms with E-state index in [0.717, 1.165) is 11.1 Å². The number of hydrogen-bond donors (Lipinski definition) is 0. The Bertz CT molecular complexity index is 331. The van der Waals surface area contributed by atoms with Crippen molar-refractivity contribution in [3.8, 4) is 11.8 Å². The van der Waals surface area contributed by atoms with Crippen LogP contribution in [0.3, 0.4) is 0 Å². The molecule has 1 rings (SSSR count). The Hall–Kier alpha value is -1.48. The molecule has 0 aliphatic heterocycles. The van der Waals surface area contributed by atoms with E-state index in [4.69, 9.17) is 0 Å². The molecule has 0 heteroatoms. The van der Waals surface area contributed by atoms with E-state index in [1.54, 1.807) is 0 Å². The molecule has 60 valence electrons. The van der Waals surface area contributed by atoms with Crippen LogP contribution in [0.4, 0.5) is 0 Å². The van der Waals surface area contributed by atoms with Crippen LogP contribution in [0.2, 0.25) is 0 Å². The smallest absolute Gasteiger partial charge is 0.0245 e. The van der Waals surface area contributed by atoms with Gasteiger partial charge in [-0.15, -0.1) is 5.92 Å². The van der Waals surface area contributed by atoms with Gasteiger partial charge in [-0.2, -0.15) is 0 Å². The lowest BCUT2D eigenvalue weighted by atomic mass is 10.1. The van der Waals surface area contributed by atoms with E-state index in [-0.39, 0.29) is 0 Å². The fourth-order valence-electron chi connectivity index (χ4n) is 0.982. The van der Waals surface area contributed by atoms with Crippen molar-refractivity contribution < 1.29 is 0 Å². The molecule has 0 aromatic heterocycles. The van der Waals surface area contributed by atoms with E-state index in [1.165, 1.54) is 5.56 Å². The Labute approximate surface area is 73.9 Å². The lowest BCUT2D eigenvalue weighted by molar-refractivity contribution is 1.55. The van der Waals surface area contributed by atoms with Gasteiger partial charge in [0.2, 0.25) is 0 Å². The van der Waals surface area contributed by atoms with Crippen LogP contribution in [0.15, 0.2) is 30.8 Å². The predicted molar refractivity (Wildman–Crippen MR) is 53.7 cm³/mol. The summed E-state index contributed by atoms with van der Waals surface area (Å²) in [6.07, 6.45) is 0. The van der Waals surface area contributed by atoms with Crippen molar-refractivity contribution in [2.75, 3.05) is 0 Å². The SMILES string of the molecule is C=C(C)c1ccc(C#CC)cc1. The number of benzene rings is 1. The maximum atomic E-state index is 3.86. The van der Waals surface area contributed by atoms with E-state index in [1.807, 2.05) is 38.1 Å². The van der Waals surface area contributed by atoms with E-state index < -0.39 is 0 Å². The van der Waals surface area contributed by atoms with Crippen molar-refractivity contribution in [1.82, 2.24) is 0 Å². The summed E-state index contributed by atoms with van der Waals surface area (Å²) in [6, 6.07) is 8.12. The summed E-state index contributed by atoms with van der Waals surface area (Å²) in [5.74, 6) is 5.85. The molecule has 0 radical (unpaired) electrons. The number of allylic oxidation sites excluding steroid dienone is 1. The van der Waals surface area contributed by atoms with Crippen LogP contribution in [0.25, 0.3) is 5.57 Å². The summed E-state index contributed by atoms with van der Waals surface area (Å²) in [5, 5.41) is 0. The third kappa shape index (κ3) is 2.00. The average molecular weight is 156 g/mol. The summed E-state index contributed by atoms with van der Waals surface area (Å²) in [7, 11) is 0. The van der Waals surface area contributed by atoms with Gasteiger partial charge in [0.25, 0.3) is 0 Å². The van der Waals surface area contributed by atoms with Gasteiger partial charge in [-0.3, -0.25) is 0 Å². The maximum Gasteiger partial charge on any atom is 0.0245 e. The van der Waals surface area contributed by atoms with Crippen LogP contribution < -0.4 is 0 Å². The Morgan fingerprint density at radius 2 is 1.83 bits per heavy atom. The Balaban J connectivity index is 2.98. The quantitative estimate of drug-likeness (QED) is 0.548. The first-order valence-electron chi connectivity index (χ1n) is 3.92. The summed E-state index contributed by atoms with van der Waals surface area (Å²) in [5.41, 5.74) is 3.32. The monoisotopic (exact) mass is 156 g/mol. The van der Waals surface area contributed by atoms with Crippen molar-refractivity contribution in [1.29, 1.82) is 0 Å². The van der Waals surface area contributed by atoms with Gasteiger partial charge in [0.05, 0.1) is 0 Å². The minimum Gasteiger partial charge on any atom is -0.101 e. The molecule has 0 fully saturated rings. The second-order valence-electron chi connectivity index (χ2n) is 2.73. The third-order valence-corrected chi connectivity index (χ3v) is 1.65. The lowest BCUT2D eigenvalue weighted by Crippen LogP contribution is -1.78. The minimum absolute atomic E-state index is 1.06. The van der Waals surface area contributed by atoms with Gasteiger partial charge in [0, 0.05) is 5.56 Å². The molecule has 0 aliphatic carbocycles. The van der Waals surface area contributed by atoms with Crippen molar-refractivity contribution in [3.05, 3.63) is 42.0 Å². The molecule has 0 saturated carbocycles. The fourth-order valence-corrected chi connectivity index (χ4v) is 0.982. The van der Waals surface area contributed by atoms with Crippen LogP contribution in [0.1, 0.15) is 25.0 Å². The highest BCUT2D eigenvalue weighted by Gasteiger charge is 1.91. The van der Waals surface area contributed by atoms with Gasteiger partial charge in [-0.05, 0) is 31.5 Å². The zero-order valence-corrected chi connectivity index (χ0v) is 7.52. The molecule has 0 heterocycles. The van der Waals surface area contributed by atoms with Crippen LogP contribution >= 0.6 is 0 Å². The highest BCUT2D eigenvalue weighted by Crippen LogP contribution is 2.11. The molecular formula is C12H12. The molecule has 0 bridgehead atoms. The van der Waals surface area contributed by atoms with Gasteiger partial charge < -0.3 is 0 Å². The molecule has 0 N–H and O–H groups in total. The van der Waals surface area contributed by atoms with Crippen molar-refractivity contribution in [2.24, 2.45) is 0 Å². The third-order valence-electron chi connectivity index (χ3n) is 1.65. The van der Waals surface area contributed by atoms with E-state index in [9.17, 15) is 0 Å². The zero-order chi connectivity index (χ0) is 8.97. The number of rotatable bonds is 1. The van der Waals surface area contributed by atoms with Gasteiger partial charge >= 0.3 is 0 Å². The van der Waals surface area contributed by atoms with Gasteiger partial charge in [0.1, 0.15) is 0 Å². The van der Waals surface area contributed by atoms with Crippen molar-refractivity contribution in [2.45, 2.75) is 13.8 Å². The molecule has 1 aromatic rings. The van der Waals surface area contributed by atoms with Crippen LogP contribution in [-0.2, 0) is 0 Å². The molecule has 1 aromatic carbocycles. The Kier molecular flexibility index (Phi) is 2.71. The summed E-state index contributed by atoms with van der Waals surface area (Å²) in [4.78, 5) is 0. The van der Waals surface area contributed by atoms with Crippen LogP contribution in [0, 0.1) is 11.8 Å². The van der Waals surface area contributed by atoms with E-state index >= 15 is 0 Å². The molecule has 0 spiro atoms. The largest absolute Gasteiger partial charge is 0.101 e. The second-order valence-corrected chi connectivity index (χ2v) is 2.73. The molecule has 0 saturated heterocycles. The predicted octanol–water partition coefficient (Wildman–Crippen LogP) is 3.09. The fraction of sp³-hybridized carbons (Fsp3) is 0.167. The highest BCUT2D eigenvalue weighted by atomic mass is 14.0. The lowest BCUT2D eigenvalue weighted by Gasteiger charge is -1.97. The van der Waals surface area contributed by atoms with Gasteiger partial charge in [-0.25, -0.2) is 0 Å². The second kappa shape index (κ2) is 3.78. The van der Waals surface area contributed by atoms with E-state index in [0.29, 0.717) is 0 Å². The normalized spacial score (nSPS) is 8.50. The van der Waals surface area contributed by atoms with Gasteiger partial charge in [-0.1, -0.05) is 30.2 Å². The van der Waals surface area contributed by atoms with Crippen molar-refractivity contribution >= 4 is 5.57 Å². The molecule has 0 atom stereocenters. The molecule has 12 heavy (non-hydrogen) atoms. The Morgan fingerprint density at radius 1 is 1.25 bits per heavy atom. The first kappa shape index (κ1) is 8.62. The zero-order valence-electron chi connectivity index (χ0n) is 7.52. The molecular weight excluding hydrogens is 144 g/mol. The summed E-state index contributed by atoms with van der Waals surface area (Å²) >= 11 is 0. The first-order chi connectivity index (χ1) is 5.74. The standard InChI is InChI=1S/C12H12/c1-4-5-11-6-8-12(9-7-11)10(2)3/h6-9H,2H2,1,3H3. The first-order valence-corrected chi connectivity index (χ1v) is 3.92. The maximum absolute atomic E-state index is 3.86. The Morgan fingerprint density at radius 3 is 2.25 bits per heavy atom. The molecule has 0 aliphatic rings. The topological polar surface area (TPSA) is 0 Å². The van der Waals surface area contributed by atoms with Crippen LogP contribution in [0.5, 0.6) is 0 Å². The van der Waals surface area contributed by atoms with E-state index in [2.05, 4.69) is 18.4 Å².